The molecule has 2 heterocycles. The number of hydrogen-bond donors (Lipinski definition) is 0. The number of rotatable bonds is 4. The summed E-state index contributed by atoms with van der Waals surface area (Å²) in [6.45, 7) is 8.08. The van der Waals surface area contributed by atoms with Crippen LogP contribution >= 0.6 is 0 Å². The normalized spacial score (nSPS) is 12.4. The number of aromatic nitrogens is 1. The first-order valence-electron chi connectivity index (χ1n) is 8.63. The molecular formula is C21H24N2O2. The largest absolute Gasteiger partial charge is 0.450 e. The Morgan fingerprint density at radius 3 is 2.56 bits per heavy atom. The maximum absolute atomic E-state index is 13.1. The van der Waals surface area contributed by atoms with E-state index in [-0.39, 0.29) is 11.9 Å². The standard InChI is InChI=1S/C21H24N2O2/c1-6-18(17-9-7-8-12-22-17)23(5)21(24)20-15(4)16-11-10-13(2)14(3)19(16)25-20/h7-12,18H,6H2,1-5H3/t18-/m0/s1. The van der Waals surface area contributed by atoms with Crippen LogP contribution in [0.1, 0.15) is 52.3 Å². The number of aryl methyl sites for hydroxylation is 3. The third kappa shape index (κ3) is 2.93. The molecule has 0 radical (unpaired) electrons. The molecule has 3 aromatic rings. The second-order valence-electron chi connectivity index (χ2n) is 6.54. The summed E-state index contributed by atoms with van der Waals surface area (Å²) in [4.78, 5) is 19.3. The molecule has 2 aromatic heterocycles. The maximum Gasteiger partial charge on any atom is 0.290 e. The Balaban J connectivity index is 2.01. The van der Waals surface area contributed by atoms with Gasteiger partial charge in [0.2, 0.25) is 0 Å². The van der Waals surface area contributed by atoms with Crippen molar-refractivity contribution >= 4 is 16.9 Å². The van der Waals surface area contributed by atoms with Crippen molar-refractivity contribution in [3.05, 3.63) is 64.7 Å². The van der Waals surface area contributed by atoms with Gasteiger partial charge in [-0.1, -0.05) is 25.1 Å². The lowest BCUT2D eigenvalue weighted by Gasteiger charge is -2.26. The third-order valence-electron chi connectivity index (χ3n) is 5.02. The van der Waals surface area contributed by atoms with Crippen molar-refractivity contribution < 1.29 is 9.21 Å². The number of carbonyl (C=O) groups excluding carboxylic acids is 1. The highest BCUT2D eigenvalue weighted by atomic mass is 16.3. The van der Waals surface area contributed by atoms with Crippen LogP contribution in [0, 0.1) is 20.8 Å². The zero-order valence-electron chi connectivity index (χ0n) is 15.5. The van der Waals surface area contributed by atoms with Gasteiger partial charge in [0.1, 0.15) is 5.58 Å². The monoisotopic (exact) mass is 336 g/mol. The molecule has 0 aliphatic heterocycles. The minimum absolute atomic E-state index is 0.0795. The molecule has 1 atom stereocenters. The smallest absolute Gasteiger partial charge is 0.290 e. The highest BCUT2D eigenvalue weighted by Crippen LogP contribution is 2.31. The highest BCUT2D eigenvalue weighted by Gasteiger charge is 2.27. The summed E-state index contributed by atoms with van der Waals surface area (Å²) in [7, 11) is 1.82. The average molecular weight is 336 g/mol. The first-order chi connectivity index (χ1) is 12.0. The lowest BCUT2D eigenvalue weighted by atomic mass is 10.0. The molecule has 4 heteroatoms. The second kappa shape index (κ2) is 6.71. The molecule has 0 fully saturated rings. The molecule has 0 unspecified atom stereocenters. The number of pyridine rings is 1. The molecule has 130 valence electrons. The topological polar surface area (TPSA) is 46.3 Å². The molecule has 0 aliphatic rings. The zero-order valence-corrected chi connectivity index (χ0v) is 15.5. The predicted molar refractivity (Wildman–Crippen MR) is 99.8 cm³/mol. The van der Waals surface area contributed by atoms with Crippen LogP contribution in [0.4, 0.5) is 0 Å². The van der Waals surface area contributed by atoms with Crippen LogP contribution in [0.15, 0.2) is 40.9 Å². The summed E-state index contributed by atoms with van der Waals surface area (Å²) >= 11 is 0. The number of carbonyl (C=O) groups is 1. The second-order valence-corrected chi connectivity index (χ2v) is 6.54. The lowest BCUT2D eigenvalue weighted by Crippen LogP contribution is -2.31. The van der Waals surface area contributed by atoms with E-state index in [1.165, 1.54) is 0 Å². The van der Waals surface area contributed by atoms with Crippen LogP contribution in [0.2, 0.25) is 0 Å². The van der Waals surface area contributed by atoms with E-state index in [2.05, 4.69) is 24.9 Å². The molecule has 1 aromatic carbocycles. The van der Waals surface area contributed by atoms with Crippen LogP contribution in [0.5, 0.6) is 0 Å². The number of benzene rings is 1. The van der Waals surface area contributed by atoms with Gasteiger partial charge in [-0.2, -0.15) is 0 Å². The fraction of sp³-hybridized carbons (Fsp3) is 0.333. The Morgan fingerprint density at radius 2 is 1.92 bits per heavy atom. The van der Waals surface area contributed by atoms with Gasteiger partial charge in [-0.25, -0.2) is 0 Å². The van der Waals surface area contributed by atoms with Crippen molar-refractivity contribution in [2.24, 2.45) is 0 Å². The number of furan rings is 1. The molecule has 0 spiro atoms. The van der Waals surface area contributed by atoms with Gasteiger partial charge in [0.25, 0.3) is 5.91 Å². The number of nitrogens with zero attached hydrogens (tertiary/aromatic N) is 2. The van der Waals surface area contributed by atoms with Gasteiger partial charge in [-0.15, -0.1) is 0 Å². The van der Waals surface area contributed by atoms with Crippen molar-refractivity contribution in [3.63, 3.8) is 0 Å². The fourth-order valence-corrected chi connectivity index (χ4v) is 3.28. The van der Waals surface area contributed by atoms with Crippen molar-refractivity contribution in [1.29, 1.82) is 0 Å². The van der Waals surface area contributed by atoms with Gasteiger partial charge in [-0.3, -0.25) is 9.78 Å². The summed E-state index contributed by atoms with van der Waals surface area (Å²) in [5.74, 6) is 0.309. The van der Waals surface area contributed by atoms with E-state index >= 15 is 0 Å². The maximum atomic E-state index is 13.1. The van der Waals surface area contributed by atoms with Crippen LogP contribution in [0.3, 0.4) is 0 Å². The van der Waals surface area contributed by atoms with Gasteiger partial charge >= 0.3 is 0 Å². The minimum Gasteiger partial charge on any atom is -0.450 e. The van der Waals surface area contributed by atoms with Gasteiger partial charge in [0, 0.05) is 24.2 Å². The van der Waals surface area contributed by atoms with E-state index in [1.807, 2.05) is 45.2 Å². The summed E-state index contributed by atoms with van der Waals surface area (Å²) in [6.07, 6.45) is 2.55. The summed E-state index contributed by atoms with van der Waals surface area (Å²) < 4.78 is 6.01. The van der Waals surface area contributed by atoms with Crippen molar-refractivity contribution in [3.8, 4) is 0 Å². The van der Waals surface area contributed by atoms with Crippen molar-refractivity contribution in [2.45, 2.75) is 40.2 Å². The number of amides is 1. The molecule has 0 saturated carbocycles. The van der Waals surface area contributed by atoms with Crippen molar-refractivity contribution in [1.82, 2.24) is 9.88 Å². The van der Waals surface area contributed by atoms with Crippen molar-refractivity contribution in [2.75, 3.05) is 7.05 Å². The minimum atomic E-state index is -0.108. The van der Waals surface area contributed by atoms with Crippen LogP contribution < -0.4 is 0 Å². The first-order valence-corrected chi connectivity index (χ1v) is 8.63. The van der Waals surface area contributed by atoms with Gasteiger partial charge in [0.05, 0.1) is 11.7 Å². The molecule has 0 N–H and O–H groups in total. The molecule has 0 aliphatic carbocycles. The van der Waals surface area contributed by atoms with Crippen LogP contribution in [0.25, 0.3) is 11.0 Å². The number of fused-ring (bicyclic) bond motifs is 1. The lowest BCUT2D eigenvalue weighted by molar-refractivity contribution is 0.0692. The summed E-state index contributed by atoms with van der Waals surface area (Å²) in [5.41, 5.74) is 4.83. The molecule has 3 rings (SSSR count). The fourth-order valence-electron chi connectivity index (χ4n) is 3.28. The van der Waals surface area contributed by atoms with Gasteiger partial charge in [0.15, 0.2) is 5.76 Å². The zero-order chi connectivity index (χ0) is 18.1. The molecular weight excluding hydrogens is 312 g/mol. The first kappa shape index (κ1) is 17.2. The Morgan fingerprint density at radius 1 is 1.16 bits per heavy atom. The van der Waals surface area contributed by atoms with Crippen LogP contribution in [-0.4, -0.2) is 22.8 Å². The molecule has 0 saturated heterocycles. The summed E-state index contributed by atoms with van der Waals surface area (Å²) in [5, 5.41) is 1.01. The van der Waals surface area contributed by atoms with E-state index in [4.69, 9.17) is 4.42 Å². The Kier molecular flexibility index (Phi) is 4.62. The Hall–Kier alpha value is -2.62. The molecule has 25 heavy (non-hydrogen) atoms. The average Bonchev–Trinajstić information content (AvgIpc) is 2.96. The third-order valence-corrected chi connectivity index (χ3v) is 5.02. The Bertz CT molecular complexity index is 913. The van der Waals surface area contributed by atoms with Gasteiger partial charge in [-0.05, 0) is 50.5 Å². The molecule has 1 amide bonds. The van der Waals surface area contributed by atoms with E-state index in [0.717, 1.165) is 39.8 Å². The van der Waals surface area contributed by atoms with E-state index in [0.29, 0.717) is 5.76 Å². The SMILES string of the molecule is CC[C@@H](c1ccccn1)N(C)C(=O)c1oc2c(C)c(C)ccc2c1C. The van der Waals surface area contributed by atoms with E-state index in [9.17, 15) is 4.79 Å². The number of hydrogen-bond acceptors (Lipinski definition) is 3. The molecule has 0 bridgehead atoms. The van der Waals surface area contributed by atoms with E-state index in [1.54, 1.807) is 11.1 Å². The Labute approximate surface area is 148 Å². The van der Waals surface area contributed by atoms with E-state index < -0.39 is 0 Å². The quantitative estimate of drug-likeness (QED) is 0.675. The predicted octanol–water partition coefficient (Wildman–Crippen LogP) is 4.98. The summed E-state index contributed by atoms with van der Waals surface area (Å²) in [6, 6.07) is 9.81. The molecule has 4 nitrogen and oxygen atoms in total. The highest BCUT2D eigenvalue weighted by molar-refractivity contribution is 5.99. The van der Waals surface area contributed by atoms with Crippen LogP contribution in [-0.2, 0) is 0 Å². The van der Waals surface area contributed by atoms with Gasteiger partial charge < -0.3 is 9.32 Å².